The fraction of sp³-hybridized carbons (Fsp3) is 0.300. The van der Waals surface area contributed by atoms with Gasteiger partial charge in [-0.2, -0.15) is 0 Å². The Balaban J connectivity index is 2.46. The van der Waals surface area contributed by atoms with E-state index in [1.54, 1.807) is 6.07 Å². The summed E-state index contributed by atoms with van der Waals surface area (Å²) in [6.45, 7) is 4.69. The fourth-order valence-corrected chi connectivity index (χ4v) is 1.20. The molecule has 0 saturated heterocycles. The summed E-state index contributed by atoms with van der Waals surface area (Å²) < 4.78 is 4.57. The molecule has 5 heteroatoms. The smallest absolute Gasteiger partial charge is 0.354 e. The number of nitrogens with one attached hydrogen (secondary N) is 2. The van der Waals surface area contributed by atoms with Crippen molar-refractivity contribution in [3.05, 3.63) is 35.1 Å². The maximum atomic E-state index is 11.1. The third-order valence-corrected chi connectivity index (χ3v) is 1.92. The van der Waals surface area contributed by atoms with Gasteiger partial charge in [0.2, 0.25) is 0 Å². The van der Waals surface area contributed by atoms with Crippen molar-refractivity contribution in [2.24, 2.45) is 0 Å². The molecule has 0 unspecified atom stereocenters. The summed E-state index contributed by atoms with van der Waals surface area (Å²) in [6, 6.07) is 3.49. The summed E-state index contributed by atoms with van der Waals surface area (Å²) in [4.78, 5) is 14.0. The van der Waals surface area contributed by atoms with Crippen LogP contribution >= 0.6 is 11.6 Å². The van der Waals surface area contributed by atoms with Crippen molar-refractivity contribution >= 4 is 17.6 Å². The van der Waals surface area contributed by atoms with Gasteiger partial charge in [-0.15, -0.1) is 0 Å². The number of aromatic amines is 1. The van der Waals surface area contributed by atoms with Gasteiger partial charge in [0.15, 0.2) is 0 Å². The number of hydrogen-bond donors (Lipinski definition) is 2. The molecule has 4 nitrogen and oxygen atoms in total. The highest BCUT2D eigenvalue weighted by Gasteiger charge is 2.07. The molecule has 0 amide bonds. The van der Waals surface area contributed by atoms with Crippen LogP contribution in [0, 0.1) is 0 Å². The van der Waals surface area contributed by atoms with Crippen LogP contribution in [0.1, 0.15) is 16.2 Å². The molecule has 2 N–H and O–H groups in total. The van der Waals surface area contributed by atoms with Gasteiger partial charge < -0.3 is 15.0 Å². The normalized spacial score (nSPS) is 10.0. The van der Waals surface area contributed by atoms with Gasteiger partial charge in [0.25, 0.3) is 0 Å². The molecule has 1 aromatic heterocycles. The highest BCUT2D eigenvalue weighted by Crippen LogP contribution is 2.03. The Kier molecular flexibility index (Phi) is 4.39. The molecule has 0 radical (unpaired) electrons. The van der Waals surface area contributed by atoms with Crippen LogP contribution in [0.3, 0.4) is 0 Å². The summed E-state index contributed by atoms with van der Waals surface area (Å²) in [5.41, 5.74) is 1.34. The number of carbonyl (C=O) groups excluding carboxylic acids is 1. The van der Waals surface area contributed by atoms with Crippen LogP contribution in [0.5, 0.6) is 0 Å². The van der Waals surface area contributed by atoms with Gasteiger partial charge in [0.05, 0.1) is 7.11 Å². The molecule has 15 heavy (non-hydrogen) atoms. The first-order valence-electron chi connectivity index (χ1n) is 4.43. The van der Waals surface area contributed by atoms with E-state index in [0.717, 1.165) is 5.69 Å². The molecule has 0 aliphatic carbocycles. The van der Waals surface area contributed by atoms with Crippen LogP contribution in [0.2, 0.25) is 0 Å². The Hall–Kier alpha value is -1.26. The van der Waals surface area contributed by atoms with Gasteiger partial charge in [-0.25, -0.2) is 4.79 Å². The summed E-state index contributed by atoms with van der Waals surface area (Å²) in [5.74, 6) is -0.372. The molecule has 82 valence electrons. The highest BCUT2D eigenvalue weighted by molar-refractivity contribution is 6.29. The Morgan fingerprint density at radius 3 is 3.00 bits per heavy atom. The first-order valence-corrected chi connectivity index (χ1v) is 4.81. The standard InChI is InChI=1S/C10H13ClN2O2/c1-7(11)5-12-6-8-3-4-9(13-8)10(14)15-2/h3-4,12-13H,1,5-6H2,2H3. The van der Waals surface area contributed by atoms with Crippen molar-refractivity contribution in [1.29, 1.82) is 0 Å². The molecule has 0 bridgehead atoms. The minimum Gasteiger partial charge on any atom is -0.464 e. The van der Waals surface area contributed by atoms with Gasteiger partial charge in [-0.1, -0.05) is 18.2 Å². The number of methoxy groups -OCH3 is 1. The van der Waals surface area contributed by atoms with Gasteiger partial charge in [-0.3, -0.25) is 0 Å². The first kappa shape index (κ1) is 11.8. The first-order chi connectivity index (χ1) is 7.13. The van der Waals surface area contributed by atoms with Crippen LogP contribution in [0.25, 0.3) is 0 Å². The van der Waals surface area contributed by atoms with E-state index in [4.69, 9.17) is 11.6 Å². The number of halogens is 1. The molecule has 0 fully saturated rings. The number of ether oxygens (including phenoxy) is 1. The van der Waals surface area contributed by atoms with E-state index in [1.807, 2.05) is 6.07 Å². The molecule has 0 atom stereocenters. The molecule has 0 aromatic carbocycles. The predicted molar refractivity (Wildman–Crippen MR) is 58.8 cm³/mol. The molecule has 0 spiro atoms. The number of aromatic nitrogens is 1. The van der Waals surface area contributed by atoms with Crippen molar-refractivity contribution in [2.75, 3.05) is 13.7 Å². The minimum absolute atomic E-state index is 0.372. The van der Waals surface area contributed by atoms with Crippen molar-refractivity contribution in [3.63, 3.8) is 0 Å². The Bertz CT molecular complexity index is 360. The summed E-state index contributed by atoms with van der Waals surface area (Å²) in [7, 11) is 1.35. The second-order valence-corrected chi connectivity index (χ2v) is 3.54. The Morgan fingerprint density at radius 2 is 2.40 bits per heavy atom. The van der Waals surface area contributed by atoms with Gasteiger partial charge >= 0.3 is 5.97 Å². The van der Waals surface area contributed by atoms with Crippen molar-refractivity contribution in [3.8, 4) is 0 Å². The van der Waals surface area contributed by atoms with Gasteiger partial charge in [-0.05, 0) is 12.1 Å². The molecule has 1 heterocycles. The van der Waals surface area contributed by atoms with E-state index in [9.17, 15) is 4.79 Å². The maximum absolute atomic E-state index is 11.1. The number of esters is 1. The molecule has 1 aromatic rings. The Labute approximate surface area is 93.3 Å². The summed E-state index contributed by atoms with van der Waals surface area (Å²) in [5, 5.41) is 3.61. The van der Waals surface area contributed by atoms with Crippen molar-refractivity contribution < 1.29 is 9.53 Å². The average Bonchev–Trinajstić information content (AvgIpc) is 2.65. The summed E-state index contributed by atoms with van der Waals surface area (Å²) in [6.07, 6.45) is 0. The fourth-order valence-electron chi connectivity index (χ4n) is 1.11. The third kappa shape index (κ3) is 3.77. The van der Waals surface area contributed by atoms with Crippen LogP contribution in [0.4, 0.5) is 0 Å². The number of rotatable bonds is 5. The zero-order valence-electron chi connectivity index (χ0n) is 8.47. The largest absolute Gasteiger partial charge is 0.464 e. The topological polar surface area (TPSA) is 54.1 Å². The second-order valence-electron chi connectivity index (χ2n) is 3.01. The van der Waals surface area contributed by atoms with Gasteiger partial charge in [0, 0.05) is 23.8 Å². The van der Waals surface area contributed by atoms with E-state index in [0.29, 0.717) is 23.8 Å². The molecular weight excluding hydrogens is 216 g/mol. The minimum atomic E-state index is -0.372. The summed E-state index contributed by atoms with van der Waals surface area (Å²) >= 11 is 5.58. The molecule has 0 aliphatic heterocycles. The second kappa shape index (κ2) is 5.58. The molecule has 1 rings (SSSR count). The quantitative estimate of drug-likeness (QED) is 0.754. The SMILES string of the molecule is C=C(Cl)CNCc1ccc(C(=O)OC)[nH]1. The monoisotopic (exact) mass is 228 g/mol. The van der Waals surface area contributed by atoms with Crippen LogP contribution in [-0.2, 0) is 11.3 Å². The molecule has 0 aliphatic rings. The molecular formula is C10H13ClN2O2. The van der Waals surface area contributed by atoms with Crippen molar-refractivity contribution in [1.82, 2.24) is 10.3 Å². The Morgan fingerprint density at radius 1 is 1.67 bits per heavy atom. The zero-order valence-corrected chi connectivity index (χ0v) is 9.23. The predicted octanol–water partition coefficient (Wildman–Crippen LogP) is 1.64. The van der Waals surface area contributed by atoms with E-state index in [1.165, 1.54) is 7.11 Å². The molecule has 0 saturated carbocycles. The van der Waals surface area contributed by atoms with Crippen LogP contribution in [0.15, 0.2) is 23.7 Å². The maximum Gasteiger partial charge on any atom is 0.354 e. The number of carbonyl (C=O) groups is 1. The zero-order chi connectivity index (χ0) is 11.3. The van der Waals surface area contributed by atoms with E-state index in [-0.39, 0.29) is 5.97 Å². The number of H-pyrrole nitrogens is 1. The number of hydrogen-bond acceptors (Lipinski definition) is 3. The van der Waals surface area contributed by atoms with Crippen molar-refractivity contribution in [2.45, 2.75) is 6.54 Å². The van der Waals surface area contributed by atoms with E-state index in [2.05, 4.69) is 21.6 Å². The highest BCUT2D eigenvalue weighted by atomic mass is 35.5. The lowest BCUT2D eigenvalue weighted by molar-refractivity contribution is 0.0594. The van der Waals surface area contributed by atoms with Crippen LogP contribution in [-0.4, -0.2) is 24.6 Å². The van der Waals surface area contributed by atoms with E-state index >= 15 is 0 Å². The van der Waals surface area contributed by atoms with E-state index < -0.39 is 0 Å². The third-order valence-electron chi connectivity index (χ3n) is 1.78. The van der Waals surface area contributed by atoms with Crippen LogP contribution < -0.4 is 5.32 Å². The van der Waals surface area contributed by atoms with Gasteiger partial charge in [0.1, 0.15) is 5.69 Å². The lowest BCUT2D eigenvalue weighted by Gasteiger charge is -2.00. The lowest BCUT2D eigenvalue weighted by Crippen LogP contribution is -2.15. The lowest BCUT2D eigenvalue weighted by atomic mass is 10.4. The average molecular weight is 229 g/mol.